The molecule has 0 bridgehead atoms. The molecule has 0 saturated heterocycles. The number of anilines is 1. The first-order valence-electron chi connectivity index (χ1n) is 5.91. The van der Waals surface area contributed by atoms with Gasteiger partial charge in [-0.1, -0.05) is 23.1 Å². The lowest BCUT2D eigenvalue weighted by molar-refractivity contribution is -0.115. The van der Waals surface area contributed by atoms with Crippen LogP contribution >= 0.6 is 23.1 Å². The Hall–Kier alpha value is -1.94. The van der Waals surface area contributed by atoms with Crippen LogP contribution in [-0.4, -0.2) is 38.4 Å². The van der Waals surface area contributed by atoms with Gasteiger partial charge in [0, 0.05) is 0 Å². The monoisotopic (exact) mass is 327 g/mol. The third-order valence-electron chi connectivity index (χ3n) is 2.32. The number of aryl methyl sites for hydroxylation is 1. The Morgan fingerprint density at radius 1 is 1.52 bits per heavy atom. The van der Waals surface area contributed by atoms with E-state index in [1.165, 1.54) is 24.5 Å². The van der Waals surface area contributed by atoms with Crippen molar-refractivity contribution in [3.8, 4) is 5.88 Å². The van der Waals surface area contributed by atoms with Gasteiger partial charge in [-0.3, -0.25) is 14.9 Å². The standard InChI is InChI=1S/C11H13N5O3S2/c1-5(9(18)14-11-16-15-6(2)21-11)20-10-12-7(17)4-8(13-10)19-3/h4-5H,1-3H3,(H,12,13,17)(H,14,16,18). The smallest absolute Gasteiger partial charge is 0.255 e. The van der Waals surface area contributed by atoms with E-state index >= 15 is 0 Å². The van der Waals surface area contributed by atoms with Crippen LogP contribution in [0.4, 0.5) is 5.13 Å². The molecule has 0 saturated carbocycles. The second-order valence-electron chi connectivity index (χ2n) is 3.97. The van der Waals surface area contributed by atoms with Crippen LogP contribution in [0.25, 0.3) is 0 Å². The number of nitrogens with zero attached hydrogens (tertiary/aromatic N) is 3. The van der Waals surface area contributed by atoms with Gasteiger partial charge in [0.05, 0.1) is 18.4 Å². The summed E-state index contributed by atoms with van der Waals surface area (Å²) in [6.45, 7) is 3.50. The Morgan fingerprint density at radius 3 is 2.90 bits per heavy atom. The zero-order valence-electron chi connectivity index (χ0n) is 11.5. The number of hydrogen-bond donors (Lipinski definition) is 2. The first kappa shape index (κ1) is 15.4. The number of hydrogen-bond acceptors (Lipinski definition) is 8. The number of aromatic nitrogens is 4. The topological polar surface area (TPSA) is 110 Å². The lowest BCUT2D eigenvalue weighted by Crippen LogP contribution is -2.23. The fourth-order valence-electron chi connectivity index (χ4n) is 1.35. The average Bonchev–Trinajstić information content (AvgIpc) is 2.83. The molecular weight excluding hydrogens is 314 g/mol. The van der Waals surface area contributed by atoms with Crippen molar-refractivity contribution in [2.24, 2.45) is 0 Å². The highest BCUT2D eigenvalue weighted by molar-refractivity contribution is 8.00. The van der Waals surface area contributed by atoms with Gasteiger partial charge >= 0.3 is 0 Å². The number of aromatic amines is 1. The van der Waals surface area contributed by atoms with Crippen molar-refractivity contribution < 1.29 is 9.53 Å². The summed E-state index contributed by atoms with van der Waals surface area (Å²) in [5, 5.41) is 11.4. The van der Waals surface area contributed by atoms with Gasteiger partial charge in [0.1, 0.15) is 5.01 Å². The second kappa shape index (κ2) is 6.68. The van der Waals surface area contributed by atoms with Crippen LogP contribution in [0.1, 0.15) is 11.9 Å². The number of carbonyl (C=O) groups is 1. The highest BCUT2D eigenvalue weighted by Crippen LogP contribution is 2.22. The molecule has 2 N–H and O–H groups in total. The van der Waals surface area contributed by atoms with Crippen LogP contribution in [0.3, 0.4) is 0 Å². The van der Waals surface area contributed by atoms with Gasteiger partial charge in [0.25, 0.3) is 5.56 Å². The quantitative estimate of drug-likeness (QED) is 0.624. The number of amides is 1. The highest BCUT2D eigenvalue weighted by atomic mass is 32.2. The van der Waals surface area contributed by atoms with Crippen molar-refractivity contribution in [3.05, 3.63) is 21.4 Å². The lowest BCUT2D eigenvalue weighted by atomic mass is 10.4. The Kier molecular flexibility index (Phi) is 4.91. The van der Waals surface area contributed by atoms with Gasteiger partial charge in [-0.05, 0) is 13.8 Å². The summed E-state index contributed by atoms with van der Waals surface area (Å²) in [5.74, 6) is -0.0461. The Bertz CT molecular complexity index is 699. The largest absolute Gasteiger partial charge is 0.481 e. The number of methoxy groups -OCH3 is 1. The van der Waals surface area contributed by atoms with Gasteiger partial charge in [-0.15, -0.1) is 10.2 Å². The van der Waals surface area contributed by atoms with Crippen molar-refractivity contribution in [1.82, 2.24) is 20.2 Å². The van der Waals surface area contributed by atoms with Crippen LogP contribution in [0, 0.1) is 6.92 Å². The SMILES string of the molecule is COc1cc(=O)[nH]c(SC(C)C(=O)Nc2nnc(C)s2)n1. The molecule has 0 fully saturated rings. The molecule has 0 spiro atoms. The maximum Gasteiger partial charge on any atom is 0.255 e. The first-order valence-corrected chi connectivity index (χ1v) is 7.60. The molecule has 0 aliphatic carbocycles. The molecule has 2 aromatic heterocycles. The average molecular weight is 327 g/mol. The highest BCUT2D eigenvalue weighted by Gasteiger charge is 2.18. The fraction of sp³-hybridized carbons (Fsp3) is 0.364. The zero-order chi connectivity index (χ0) is 15.4. The molecule has 2 heterocycles. The van der Waals surface area contributed by atoms with E-state index in [0.29, 0.717) is 10.3 Å². The summed E-state index contributed by atoms with van der Waals surface area (Å²) in [4.78, 5) is 30.0. The van der Waals surface area contributed by atoms with E-state index in [-0.39, 0.29) is 17.3 Å². The predicted octanol–water partition coefficient (Wildman–Crippen LogP) is 1.06. The number of H-pyrrole nitrogens is 1. The Labute approximate surface area is 128 Å². The zero-order valence-corrected chi connectivity index (χ0v) is 13.2. The molecule has 2 rings (SSSR count). The van der Waals surface area contributed by atoms with Crippen molar-refractivity contribution in [3.63, 3.8) is 0 Å². The van der Waals surface area contributed by atoms with Crippen LogP contribution in [-0.2, 0) is 4.79 Å². The fourth-order valence-corrected chi connectivity index (χ4v) is 2.75. The third kappa shape index (κ3) is 4.26. The van der Waals surface area contributed by atoms with Crippen molar-refractivity contribution >= 4 is 34.1 Å². The van der Waals surface area contributed by atoms with E-state index in [1.54, 1.807) is 13.8 Å². The van der Waals surface area contributed by atoms with E-state index in [9.17, 15) is 9.59 Å². The summed E-state index contributed by atoms with van der Waals surface area (Å²) >= 11 is 2.41. The van der Waals surface area contributed by atoms with Crippen LogP contribution in [0.5, 0.6) is 5.88 Å². The molecule has 0 radical (unpaired) electrons. The third-order valence-corrected chi connectivity index (χ3v) is 4.06. The molecule has 21 heavy (non-hydrogen) atoms. The van der Waals surface area contributed by atoms with Crippen LogP contribution in [0.15, 0.2) is 16.0 Å². The van der Waals surface area contributed by atoms with Gasteiger partial charge in [-0.25, -0.2) is 0 Å². The molecule has 0 aliphatic rings. The van der Waals surface area contributed by atoms with Crippen LogP contribution in [0.2, 0.25) is 0 Å². The molecule has 0 aromatic carbocycles. The van der Waals surface area contributed by atoms with Crippen molar-refractivity contribution in [1.29, 1.82) is 0 Å². The Morgan fingerprint density at radius 2 is 2.29 bits per heavy atom. The number of thioether (sulfide) groups is 1. The summed E-state index contributed by atoms with van der Waals surface area (Å²) < 4.78 is 4.91. The maximum atomic E-state index is 12.0. The molecule has 1 amide bonds. The van der Waals surface area contributed by atoms with E-state index in [0.717, 1.165) is 16.8 Å². The summed E-state index contributed by atoms with van der Waals surface area (Å²) in [5.41, 5.74) is -0.336. The minimum absolute atomic E-state index is 0.202. The van der Waals surface area contributed by atoms with E-state index in [2.05, 4.69) is 25.5 Å². The first-order chi connectivity index (χ1) is 9.97. The van der Waals surface area contributed by atoms with E-state index in [4.69, 9.17) is 4.74 Å². The van der Waals surface area contributed by atoms with Crippen LogP contribution < -0.4 is 15.6 Å². The summed E-state index contributed by atoms with van der Waals surface area (Å²) in [6.07, 6.45) is 0. The molecule has 112 valence electrons. The number of ether oxygens (including phenoxy) is 1. The van der Waals surface area contributed by atoms with Crippen molar-refractivity contribution in [2.45, 2.75) is 24.3 Å². The molecule has 8 nitrogen and oxygen atoms in total. The summed E-state index contributed by atoms with van der Waals surface area (Å²) in [6, 6.07) is 1.23. The van der Waals surface area contributed by atoms with Crippen molar-refractivity contribution in [2.75, 3.05) is 12.4 Å². The maximum absolute atomic E-state index is 12.0. The van der Waals surface area contributed by atoms with Gasteiger partial charge < -0.3 is 9.72 Å². The molecule has 2 aromatic rings. The molecular formula is C11H13N5O3S2. The Balaban J connectivity index is 2.03. The molecule has 10 heteroatoms. The number of carbonyl (C=O) groups excluding carboxylic acids is 1. The number of rotatable bonds is 5. The normalized spacial score (nSPS) is 12.0. The second-order valence-corrected chi connectivity index (χ2v) is 6.48. The van der Waals surface area contributed by atoms with E-state index < -0.39 is 5.25 Å². The number of nitrogens with one attached hydrogen (secondary N) is 2. The predicted molar refractivity (Wildman–Crippen MR) is 80.0 cm³/mol. The molecule has 1 unspecified atom stereocenters. The molecule has 1 atom stereocenters. The minimum Gasteiger partial charge on any atom is -0.481 e. The summed E-state index contributed by atoms with van der Waals surface area (Å²) in [7, 11) is 1.42. The van der Waals surface area contributed by atoms with Gasteiger partial charge in [-0.2, -0.15) is 4.98 Å². The lowest BCUT2D eigenvalue weighted by Gasteiger charge is -2.09. The van der Waals surface area contributed by atoms with Gasteiger partial charge in [0.15, 0.2) is 5.16 Å². The van der Waals surface area contributed by atoms with Gasteiger partial charge in [0.2, 0.25) is 16.9 Å². The minimum atomic E-state index is -0.468. The van der Waals surface area contributed by atoms with E-state index in [1.807, 2.05) is 0 Å². The molecule has 0 aliphatic heterocycles.